The summed E-state index contributed by atoms with van der Waals surface area (Å²) >= 11 is 3.94. The van der Waals surface area contributed by atoms with Gasteiger partial charge in [0.1, 0.15) is 6.61 Å². The third-order valence-corrected chi connectivity index (χ3v) is 3.50. The van der Waals surface area contributed by atoms with Crippen LogP contribution >= 0.6 is 33.9 Å². The van der Waals surface area contributed by atoms with Crippen molar-refractivity contribution in [2.75, 3.05) is 24.2 Å². The number of halogens is 1. The van der Waals surface area contributed by atoms with Crippen molar-refractivity contribution >= 4 is 33.9 Å². The Kier molecular flexibility index (Phi) is 4.52. The minimum Gasteiger partial charge on any atom is -0.485 e. The molecule has 84 valence electrons. The van der Waals surface area contributed by atoms with E-state index in [0.717, 1.165) is 29.0 Å². The number of fused-ring (bicyclic) bond motifs is 1. The van der Waals surface area contributed by atoms with Gasteiger partial charge in [-0.05, 0) is 6.42 Å². The van der Waals surface area contributed by atoms with E-state index >= 15 is 0 Å². The molecule has 5 heteroatoms. The predicted molar refractivity (Wildman–Crippen MR) is 68.6 cm³/mol. The highest BCUT2D eigenvalue weighted by Gasteiger charge is 2.21. The monoisotopic (exact) mass is 340 g/mol. The quantitative estimate of drug-likeness (QED) is 0.469. The SMILES string of the molecule is ICCCOCC1COc2cscc2O1. The minimum atomic E-state index is 0.0429. The lowest BCUT2D eigenvalue weighted by atomic mass is 10.3. The highest BCUT2D eigenvalue weighted by atomic mass is 127. The number of rotatable bonds is 5. The van der Waals surface area contributed by atoms with E-state index in [1.54, 1.807) is 11.3 Å². The Hall–Kier alpha value is -0.0100. The van der Waals surface area contributed by atoms with Crippen molar-refractivity contribution in [3.63, 3.8) is 0 Å². The zero-order valence-electron chi connectivity index (χ0n) is 8.28. The van der Waals surface area contributed by atoms with Crippen LogP contribution in [-0.2, 0) is 4.74 Å². The predicted octanol–water partition coefficient (Wildman–Crippen LogP) is 2.73. The van der Waals surface area contributed by atoms with E-state index in [9.17, 15) is 0 Å². The fourth-order valence-electron chi connectivity index (χ4n) is 1.31. The molecule has 0 amide bonds. The van der Waals surface area contributed by atoms with E-state index in [0.29, 0.717) is 13.2 Å². The van der Waals surface area contributed by atoms with E-state index in [-0.39, 0.29) is 6.10 Å². The van der Waals surface area contributed by atoms with Crippen LogP contribution in [0.1, 0.15) is 6.42 Å². The Morgan fingerprint density at radius 2 is 2.33 bits per heavy atom. The Balaban J connectivity index is 1.73. The largest absolute Gasteiger partial charge is 0.485 e. The van der Waals surface area contributed by atoms with Gasteiger partial charge in [0.2, 0.25) is 0 Å². The van der Waals surface area contributed by atoms with Crippen molar-refractivity contribution in [3.8, 4) is 11.5 Å². The van der Waals surface area contributed by atoms with Crippen LogP contribution in [0, 0.1) is 0 Å². The first-order valence-corrected chi connectivity index (χ1v) is 7.36. The van der Waals surface area contributed by atoms with E-state index < -0.39 is 0 Å². The molecule has 1 atom stereocenters. The number of alkyl halides is 1. The van der Waals surface area contributed by atoms with Gasteiger partial charge in [0, 0.05) is 21.8 Å². The van der Waals surface area contributed by atoms with Crippen molar-refractivity contribution in [3.05, 3.63) is 10.8 Å². The molecular weight excluding hydrogens is 327 g/mol. The average molecular weight is 340 g/mol. The zero-order valence-corrected chi connectivity index (χ0v) is 11.3. The van der Waals surface area contributed by atoms with Crippen LogP contribution in [0.3, 0.4) is 0 Å². The molecule has 0 spiro atoms. The number of hydrogen-bond acceptors (Lipinski definition) is 4. The number of hydrogen-bond donors (Lipinski definition) is 0. The Morgan fingerprint density at radius 3 is 3.20 bits per heavy atom. The van der Waals surface area contributed by atoms with E-state index in [1.165, 1.54) is 0 Å². The average Bonchev–Trinajstić information content (AvgIpc) is 2.71. The number of thiophene rings is 1. The van der Waals surface area contributed by atoms with Crippen LogP contribution in [0.2, 0.25) is 0 Å². The van der Waals surface area contributed by atoms with Gasteiger partial charge in [-0.15, -0.1) is 11.3 Å². The maximum absolute atomic E-state index is 5.71. The lowest BCUT2D eigenvalue weighted by Gasteiger charge is -2.24. The van der Waals surface area contributed by atoms with Gasteiger partial charge < -0.3 is 14.2 Å². The molecule has 0 aliphatic carbocycles. The number of ether oxygens (including phenoxy) is 3. The molecule has 15 heavy (non-hydrogen) atoms. The second-order valence-corrected chi connectivity index (χ2v) is 5.09. The van der Waals surface area contributed by atoms with Crippen molar-refractivity contribution in [2.45, 2.75) is 12.5 Å². The van der Waals surface area contributed by atoms with Crippen molar-refractivity contribution in [2.24, 2.45) is 0 Å². The molecule has 0 fully saturated rings. The van der Waals surface area contributed by atoms with Crippen LogP contribution < -0.4 is 9.47 Å². The molecular formula is C10H13IO3S. The summed E-state index contributed by atoms with van der Waals surface area (Å²) < 4.78 is 17.9. The third-order valence-electron chi connectivity index (χ3n) is 2.04. The van der Waals surface area contributed by atoms with Gasteiger partial charge in [-0.1, -0.05) is 22.6 Å². The standard InChI is InChI=1S/C10H13IO3S/c11-2-1-3-12-4-8-5-13-9-6-15-7-10(9)14-8/h6-8H,1-5H2. The zero-order chi connectivity index (χ0) is 10.5. The van der Waals surface area contributed by atoms with Gasteiger partial charge >= 0.3 is 0 Å². The van der Waals surface area contributed by atoms with Gasteiger partial charge in [0.15, 0.2) is 17.6 Å². The van der Waals surface area contributed by atoms with Crippen LogP contribution in [0.4, 0.5) is 0 Å². The fraction of sp³-hybridized carbons (Fsp3) is 0.600. The summed E-state index contributed by atoms with van der Waals surface area (Å²) in [5.41, 5.74) is 0. The molecule has 0 saturated heterocycles. The van der Waals surface area contributed by atoms with Gasteiger partial charge in [0.25, 0.3) is 0 Å². The summed E-state index contributed by atoms with van der Waals surface area (Å²) in [5.74, 6) is 1.72. The van der Waals surface area contributed by atoms with Crippen LogP contribution in [-0.4, -0.2) is 30.4 Å². The second kappa shape index (κ2) is 5.91. The molecule has 0 bridgehead atoms. The smallest absolute Gasteiger partial charge is 0.172 e. The first-order chi connectivity index (χ1) is 7.40. The molecule has 3 nitrogen and oxygen atoms in total. The maximum atomic E-state index is 5.71. The van der Waals surface area contributed by atoms with Crippen LogP contribution in [0.25, 0.3) is 0 Å². The normalized spacial score (nSPS) is 19.1. The van der Waals surface area contributed by atoms with Gasteiger partial charge in [-0.25, -0.2) is 0 Å². The maximum Gasteiger partial charge on any atom is 0.172 e. The van der Waals surface area contributed by atoms with E-state index in [4.69, 9.17) is 14.2 Å². The highest BCUT2D eigenvalue weighted by molar-refractivity contribution is 14.1. The molecule has 1 aromatic rings. The van der Waals surface area contributed by atoms with Crippen molar-refractivity contribution in [1.82, 2.24) is 0 Å². The Bertz CT molecular complexity index is 303. The van der Waals surface area contributed by atoms with Crippen molar-refractivity contribution in [1.29, 1.82) is 0 Å². The first kappa shape index (κ1) is 11.5. The lowest BCUT2D eigenvalue weighted by molar-refractivity contribution is 0.00999. The molecule has 0 saturated carbocycles. The summed E-state index contributed by atoms with van der Waals surface area (Å²) in [7, 11) is 0. The van der Waals surface area contributed by atoms with E-state index in [2.05, 4.69) is 22.6 Å². The summed E-state index contributed by atoms with van der Waals surface area (Å²) in [6.45, 7) is 2.01. The molecule has 2 rings (SSSR count). The molecule has 1 aromatic heterocycles. The highest BCUT2D eigenvalue weighted by Crippen LogP contribution is 2.35. The van der Waals surface area contributed by atoms with E-state index in [1.807, 2.05) is 10.8 Å². The van der Waals surface area contributed by atoms with Gasteiger partial charge in [0.05, 0.1) is 6.61 Å². The van der Waals surface area contributed by atoms with Crippen LogP contribution in [0.15, 0.2) is 10.8 Å². The lowest BCUT2D eigenvalue weighted by Crippen LogP contribution is -2.33. The Morgan fingerprint density at radius 1 is 1.47 bits per heavy atom. The Labute approximate surface area is 107 Å². The fourth-order valence-corrected chi connectivity index (χ4v) is 2.30. The molecule has 2 heterocycles. The third kappa shape index (κ3) is 3.22. The summed E-state index contributed by atoms with van der Waals surface area (Å²) in [6.07, 6.45) is 1.14. The molecule has 0 aromatic carbocycles. The minimum absolute atomic E-state index is 0.0429. The van der Waals surface area contributed by atoms with Crippen LogP contribution in [0.5, 0.6) is 11.5 Å². The van der Waals surface area contributed by atoms with Crippen molar-refractivity contribution < 1.29 is 14.2 Å². The first-order valence-electron chi connectivity index (χ1n) is 4.89. The molecule has 0 radical (unpaired) electrons. The molecule has 1 aliphatic rings. The second-order valence-electron chi connectivity index (χ2n) is 3.27. The van der Waals surface area contributed by atoms with Gasteiger partial charge in [-0.3, -0.25) is 0 Å². The molecule has 1 aliphatic heterocycles. The molecule has 0 N–H and O–H groups in total. The van der Waals surface area contributed by atoms with Gasteiger partial charge in [-0.2, -0.15) is 0 Å². The topological polar surface area (TPSA) is 27.7 Å². The molecule has 1 unspecified atom stereocenters. The summed E-state index contributed by atoms with van der Waals surface area (Å²) in [6, 6.07) is 0. The summed E-state index contributed by atoms with van der Waals surface area (Å²) in [4.78, 5) is 0. The summed E-state index contributed by atoms with van der Waals surface area (Å²) in [5, 5.41) is 3.93.